The Morgan fingerprint density at radius 1 is 1.53 bits per heavy atom. The van der Waals surface area contributed by atoms with E-state index >= 15 is 0 Å². The van der Waals surface area contributed by atoms with Crippen LogP contribution >= 0.6 is 27.3 Å². The SMILES string of the molecule is C#CCOCC1CCN(C(=O)c2ccc(Br)s2)CC1. The lowest BCUT2D eigenvalue weighted by Gasteiger charge is -2.31. The number of piperidine rings is 1. The molecule has 1 aromatic rings. The number of carbonyl (C=O) groups is 1. The molecule has 0 unspecified atom stereocenters. The molecule has 0 saturated carbocycles. The van der Waals surface area contributed by atoms with Gasteiger partial charge >= 0.3 is 0 Å². The van der Waals surface area contributed by atoms with Crippen LogP contribution in [0.25, 0.3) is 0 Å². The van der Waals surface area contributed by atoms with Gasteiger partial charge in [0.2, 0.25) is 0 Å². The first kappa shape index (κ1) is 14.6. The lowest BCUT2D eigenvalue weighted by Crippen LogP contribution is -2.39. The fraction of sp³-hybridized carbons (Fsp3) is 0.500. The Bertz CT molecular complexity index is 472. The Morgan fingerprint density at radius 2 is 2.26 bits per heavy atom. The van der Waals surface area contributed by atoms with E-state index in [1.165, 1.54) is 11.3 Å². The summed E-state index contributed by atoms with van der Waals surface area (Å²) in [7, 11) is 0. The number of nitrogens with zero attached hydrogens (tertiary/aromatic N) is 1. The molecule has 0 atom stereocenters. The molecule has 1 fully saturated rings. The van der Waals surface area contributed by atoms with Crippen molar-refractivity contribution in [2.45, 2.75) is 12.8 Å². The number of hydrogen-bond donors (Lipinski definition) is 0. The summed E-state index contributed by atoms with van der Waals surface area (Å²) < 4.78 is 6.36. The highest BCUT2D eigenvalue weighted by atomic mass is 79.9. The predicted molar refractivity (Wildman–Crippen MR) is 80.3 cm³/mol. The van der Waals surface area contributed by atoms with Gasteiger partial charge in [-0.25, -0.2) is 0 Å². The molecule has 1 amide bonds. The van der Waals surface area contributed by atoms with E-state index in [0.717, 1.165) is 34.6 Å². The third-order valence-electron chi connectivity index (χ3n) is 3.22. The normalized spacial score (nSPS) is 16.3. The minimum absolute atomic E-state index is 0.138. The van der Waals surface area contributed by atoms with Crippen molar-refractivity contribution in [1.29, 1.82) is 0 Å². The largest absolute Gasteiger partial charge is 0.369 e. The highest BCUT2D eigenvalue weighted by Gasteiger charge is 2.24. The summed E-state index contributed by atoms with van der Waals surface area (Å²) in [5.74, 6) is 3.13. The van der Waals surface area contributed by atoms with Gasteiger partial charge in [0, 0.05) is 13.1 Å². The zero-order valence-electron chi connectivity index (χ0n) is 10.6. The van der Waals surface area contributed by atoms with Gasteiger partial charge in [0.1, 0.15) is 6.61 Å². The number of halogens is 1. The molecule has 0 aromatic carbocycles. The van der Waals surface area contributed by atoms with Crippen molar-refractivity contribution in [3.63, 3.8) is 0 Å². The van der Waals surface area contributed by atoms with Crippen molar-refractivity contribution < 1.29 is 9.53 Å². The van der Waals surface area contributed by atoms with Gasteiger partial charge in [-0.1, -0.05) is 5.92 Å². The van der Waals surface area contributed by atoms with Crippen molar-refractivity contribution in [3.05, 3.63) is 20.8 Å². The topological polar surface area (TPSA) is 29.5 Å². The Kier molecular flexibility index (Phi) is 5.44. The molecule has 0 bridgehead atoms. The molecule has 1 saturated heterocycles. The zero-order valence-corrected chi connectivity index (χ0v) is 13.0. The third-order valence-corrected chi connectivity index (χ3v) is 4.84. The molecule has 19 heavy (non-hydrogen) atoms. The molecule has 2 rings (SSSR count). The van der Waals surface area contributed by atoms with Crippen LogP contribution in [0.1, 0.15) is 22.5 Å². The van der Waals surface area contributed by atoms with Gasteiger partial charge in [-0.15, -0.1) is 17.8 Å². The highest BCUT2D eigenvalue weighted by Crippen LogP contribution is 2.25. The molecule has 2 heterocycles. The van der Waals surface area contributed by atoms with Crippen molar-refractivity contribution in [2.24, 2.45) is 5.92 Å². The molecule has 0 spiro atoms. The lowest BCUT2D eigenvalue weighted by atomic mass is 9.98. The van der Waals surface area contributed by atoms with Crippen LogP contribution in [0.2, 0.25) is 0 Å². The van der Waals surface area contributed by atoms with Gasteiger partial charge in [0.05, 0.1) is 15.3 Å². The standard InChI is InChI=1S/C14H16BrNO2S/c1-2-9-18-10-11-5-7-16(8-6-11)14(17)12-3-4-13(15)19-12/h1,3-4,11H,5-10H2. The van der Waals surface area contributed by atoms with Gasteiger partial charge in [-0.2, -0.15) is 0 Å². The smallest absolute Gasteiger partial charge is 0.263 e. The molecule has 102 valence electrons. The Hall–Kier alpha value is -0.830. The molecule has 5 heteroatoms. The number of thiophene rings is 1. The molecular weight excluding hydrogens is 326 g/mol. The maximum Gasteiger partial charge on any atom is 0.263 e. The molecule has 1 aromatic heterocycles. The van der Waals surface area contributed by atoms with Crippen LogP contribution < -0.4 is 0 Å². The number of carbonyl (C=O) groups excluding carboxylic acids is 1. The minimum Gasteiger partial charge on any atom is -0.369 e. The second-order valence-electron chi connectivity index (χ2n) is 4.56. The van der Waals surface area contributed by atoms with Crippen LogP contribution in [-0.2, 0) is 4.74 Å². The summed E-state index contributed by atoms with van der Waals surface area (Å²) in [5.41, 5.74) is 0. The van der Waals surface area contributed by atoms with E-state index < -0.39 is 0 Å². The minimum atomic E-state index is 0.138. The molecule has 0 aliphatic carbocycles. The summed E-state index contributed by atoms with van der Waals surface area (Å²) in [6.07, 6.45) is 7.12. The number of hydrogen-bond acceptors (Lipinski definition) is 3. The third kappa shape index (κ3) is 4.07. The highest BCUT2D eigenvalue weighted by molar-refractivity contribution is 9.11. The molecule has 0 N–H and O–H groups in total. The van der Waals surface area contributed by atoms with Crippen molar-refractivity contribution in [2.75, 3.05) is 26.3 Å². The Labute approximate surface area is 126 Å². The van der Waals surface area contributed by atoms with E-state index in [0.29, 0.717) is 19.1 Å². The summed E-state index contributed by atoms with van der Waals surface area (Å²) in [5, 5.41) is 0. The maximum absolute atomic E-state index is 12.2. The fourth-order valence-corrected chi connectivity index (χ4v) is 3.53. The van der Waals surface area contributed by atoms with Crippen LogP contribution in [-0.4, -0.2) is 37.1 Å². The van der Waals surface area contributed by atoms with E-state index in [4.69, 9.17) is 11.2 Å². The second-order valence-corrected chi connectivity index (χ2v) is 7.02. The number of ether oxygens (including phenoxy) is 1. The van der Waals surface area contributed by atoms with Crippen molar-refractivity contribution in [3.8, 4) is 12.3 Å². The first-order chi connectivity index (χ1) is 9.20. The van der Waals surface area contributed by atoms with Gasteiger partial charge in [0.15, 0.2) is 0 Å². The average Bonchev–Trinajstić information content (AvgIpc) is 2.86. The van der Waals surface area contributed by atoms with Crippen LogP contribution in [0.3, 0.4) is 0 Å². The Morgan fingerprint density at radius 3 is 2.84 bits per heavy atom. The van der Waals surface area contributed by atoms with E-state index in [9.17, 15) is 4.79 Å². The number of terminal acetylenes is 1. The zero-order chi connectivity index (χ0) is 13.7. The summed E-state index contributed by atoms with van der Waals surface area (Å²) in [4.78, 5) is 15.0. The lowest BCUT2D eigenvalue weighted by molar-refractivity contribution is 0.0586. The summed E-state index contributed by atoms with van der Waals surface area (Å²) >= 11 is 4.87. The summed E-state index contributed by atoms with van der Waals surface area (Å²) in [6.45, 7) is 2.69. The first-order valence-corrected chi connectivity index (χ1v) is 7.87. The van der Waals surface area contributed by atoms with Gasteiger partial charge in [-0.05, 0) is 46.8 Å². The first-order valence-electron chi connectivity index (χ1n) is 6.26. The van der Waals surface area contributed by atoms with E-state index in [-0.39, 0.29) is 5.91 Å². The van der Waals surface area contributed by atoms with Gasteiger partial charge < -0.3 is 9.64 Å². The van der Waals surface area contributed by atoms with Crippen molar-refractivity contribution in [1.82, 2.24) is 4.90 Å². The maximum atomic E-state index is 12.2. The molecule has 1 aliphatic rings. The van der Waals surface area contributed by atoms with Crippen LogP contribution in [0.15, 0.2) is 15.9 Å². The van der Waals surface area contributed by atoms with Crippen LogP contribution in [0, 0.1) is 18.3 Å². The quantitative estimate of drug-likeness (QED) is 0.622. The molecule has 3 nitrogen and oxygen atoms in total. The van der Waals surface area contributed by atoms with Crippen molar-refractivity contribution >= 4 is 33.2 Å². The number of amides is 1. The number of rotatable bonds is 4. The van der Waals surface area contributed by atoms with E-state index in [1.54, 1.807) is 0 Å². The van der Waals surface area contributed by atoms with Gasteiger partial charge in [0.25, 0.3) is 5.91 Å². The van der Waals surface area contributed by atoms with E-state index in [1.807, 2.05) is 17.0 Å². The van der Waals surface area contributed by atoms with Crippen LogP contribution in [0.4, 0.5) is 0 Å². The molecule has 1 aliphatic heterocycles. The molecule has 0 radical (unpaired) electrons. The predicted octanol–water partition coefficient (Wildman–Crippen LogP) is 3.01. The van der Waals surface area contributed by atoms with Gasteiger partial charge in [-0.3, -0.25) is 4.79 Å². The number of likely N-dealkylation sites (tertiary alicyclic amines) is 1. The monoisotopic (exact) mass is 341 g/mol. The fourth-order valence-electron chi connectivity index (χ4n) is 2.17. The second kappa shape index (κ2) is 7.09. The average molecular weight is 342 g/mol. The summed E-state index contributed by atoms with van der Waals surface area (Å²) in [6, 6.07) is 3.79. The van der Waals surface area contributed by atoms with E-state index in [2.05, 4.69) is 21.9 Å². The Balaban J connectivity index is 1.80. The molecular formula is C14H16BrNO2S. The van der Waals surface area contributed by atoms with Crippen LogP contribution in [0.5, 0.6) is 0 Å².